The summed E-state index contributed by atoms with van der Waals surface area (Å²) in [7, 11) is 0. The predicted molar refractivity (Wildman–Crippen MR) is 99.6 cm³/mol. The summed E-state index contributed by atoms with van der Waals surface area (Å²) in [5.74, 6) is -4.33. The second kappa shape index (κ2) is 6.83. The molecule has 3 amide bonds. The van der Waals surface area contributed by atoms with Crippen LogP contribution in [0.2, 0.25) is 0 Å². The lowest BCUT2D eigenvalue weighted by Gasteiger charge is -2.19. The number of carbonyl (C=O) groups excluding carboxylic acids is 2. The fourth-order valence-corrected chi connectivity index (χ4v) is 4.81. The number of amides is 3. The van der Waals surface area contributed by atoms with Gasteiger partial charge in [0.2, 0.25) is 0 Å². The van der Waals surface area contributed by atoms with E-state index in [9.17, 15) is 36.6 Å². The van der Waals surface area contributed by atoms with Crippen molar-refractivity contribution in [3.8, 4) is 16.3 Å². The Bertz CT molecular complexity index is 1140. The Hall–Kier alpha value is -2.83. The molecule has 1 saturated heterocycles. The molecule has 0 unspecified atom stereocenters. The van der Waals surface area contributed by atoms with E-state index >= 15 is 0 Å². The van der Waals surface area contributed by atoms with Crippen molar-refractivity contribution in [3.05, 3.63) is 28.3 Å². The second-order valence-electron chi connectivity index (χ2n) is 8.17. The maximum Gasteiger partial charge on any atom is 0.406 e. The quantitative estimate of drug-likeness (QED) is 0.524. The molecule has 0 atom stereocenters. The van der Waals surface area contributed by atoms with Crippen molar-refractivity contribution >= 4 is 23.3 Å². The van der Waals surface area contributed by atoms with Crippen molar-refractivity contribution in [2.24, 2.45) is 0 Å². The molecule has 13 heteroatoms. The maximum absolute atomic E-state index is 14.5. The van der Waals surface area contributed by atoms with E-state index in [1.165, 1.54) is 6.07 Å². The van der Waals surface area contributed by atoms with Crippen molar-refractivity contribution in [2.45, 2.75) is 49.9 Å². The highest BCUT2D eigenvalue weighted by Gasteiger charge is 2.65. The smallest absolute Gasteiger partial charge is 0.406 e. The van der Waals surface area contributed by atoms with Crippen LogP contribution in [-0.4, -0.2) is 55.3 Å². The fraction of sp³-hybridized carbons (Fsp3) is 0.474. The van der Waals surface area contributed by atoms with Crippen LogP contribution in [0, 0.1) is 11.6 Å². The number of carbonyl (C=O) groups is 2. The minimum atomic E-state index is -4.73. The average Bonchev–Trinajstić information content (AvgIpc) is 3.65. The van der Waals surface area contributed by atoms with E-state index in [1.807, 2.05) is 0 Å². The van der Waals surface area contributed by atoms with Gasteiger partial charge in [-0.05, 0) is 43.2 Å². The van der Waals surface area contributed by atoms with Gasteiger partial charge >= 0.3 is 12.2 Å². The van der Waals surface area contributed by atoms with Crippen LogP contribution in [0.1, 0.15) is 42.2 Å². The summed E-state index contributed by atoms with van der Waals surface area (Å²) >= 11 is 0.847. The second-order valence-corrected chi connectivity index (χ2v) is 9.23. The first kappa shape index (κ1) is 21.0. The minimum Gasteiger partial charge on any atom is -0.503 e. The summed E-state index contributed by atoms with van der Waals surface area (Å²) in [6.45, 7) is -1.95. The number of phenols is 1. The average molecular weight is 474 g/mol. The zero-order valence-electron chi connectivity index (χ0n) is 16.2. The largest absolute Gasteiger partial charge is 0.503 e. The minimum absolute atomic E-state index is 0.0182. The number of rotatable bonds is 5. The van der Waals surface area contributed by atoms with Gasteiger partial charge in [0.25, 0.3) is 5.91 Å². The van der Waals surface area contributed by atoms with Crippen LogP contribution < -0.4 is 0 Å². The molecule has 1 aromatic heterocycles. The monoisotopic (exact) mass is 474 g/mol. The lowest BCUT2D eigenvalue weighted by Crippen LogP contribution is -2.39. The molecule has 0 bridgehead atoms. The van der Waals surface area contributed by atoms with Gasteiger partial charge in [0, 0.05) is 0 Å². The molecule has 5 rings (SSSR count). The Kier molecular flexibility index (Phi) is 4.49. The summed E-state index contributed by atoms with van der Waals surface area (Å²) in [6, 6.07) is 0.202. The molecule has 170 valence electrons. The summed E-state index contributed by atoms with van der Waals surface area (Å²) in [5.41, 5.74) is -1.29. The molecular weight excluding hydrogens is 459 g/mol. The molecule has 3 aliphatic rings. The fourth-order valence-electron chi connectivity index (χ4n) is 3.97. The highest BCUT2D eigenvalue weighted by Crippen LogP contribution is 2.50. The molecular formula is C19H15F5N4O3S. The number of phenolic OH excluding ortho intramolecular Hbond substituents is 1. The molecule has 1 aromatic carbocycles. The number of hydrogen-bond acceptors (Lipinski definition) is 6. The zero-order valence-corrected chi connectivity index (χ0v) is 17.1. The first-order valence-corrected chi connectivity index (χ1v) is 10.6. The van der Waals surface area contributed by atoms with Crippen molar-refractivity contribution in [1.29, 1.82) is 0 Å². The number of halogens is 5. The van der Waals surface area contributed by atoms with E-state index in [2.05, 4.69) is 10.2 Å². The van der Waals surface area contributed by atoms with Crippen LogP contribution in [-0.2, 0) is 11.3 Å². The number of benzene rings is 1. The molecule has 1 N–H and O–H groups in total. The summed E-state index contributed by atoms with van der Waals surface area (Å²) < 4.78 is 67.1. The Morgan fingerprint density at radius 1 is 1.16 bits per heavy atom. The third kappa shape index (κ3) is 3.29. The molecule has 0 radical (unpaired) electrons. The topological polar surface area (TPSA) is 86.6 Å². The summed E-state index contributed by atoms with van der Waals surface area (Å²) in [6.07, 6.45) is -2.82. The highest BCUT2D eigenvalue weighted by molar-refractivity contribution is 7.14. The zero-order chi connectivity index (χ0) is 23.0. The standard InChI is InChI=1S/C19H15F5N4O3S/c20-12-9(8-1-2-8)5-10(13(21)14(12)29)15-26-25-11(32-15)6-28-17(31)27(7-19(22,23)24)16(30)18(28)3-4-18/h5,8,29H,1-4,6-7H2. The van der Waals surface area contributed by atoms with Gasteiger partial charge in [-0.15, -0.1) is 10.2 Å². The van der Waals surface area contributed by atoms with Gasteiger partial charge in [0.05, 0.1) is 12.1 Å². The molecule has 2 aromatic rings. The number of imide groups is 1. The van der Waals surface area contributed by atoms with Gasteiger partial charge in [0.15, 0.2) is 22.4 Å². The Morgan fingerprint density at radius 3 is 2.44 bits per heavy atom. The number of alkyl halides is 3. The molecule has 2 heterocycles. The van der Waals surface area contributed by atoms with Gasteiger partial charge < -0.3 is 10.0 Å². The van der Waals surface area contributed by atoms with E-state index in [-0.39, 0.29) is 51.3 Å². The lowest BCUT2D eigenvalue weighted by atomic mass is 10.0. The van der Waals surface area contributed by atoms with Crippen LogP contribution in [0.25, 0.3) is 10.6 Å². The number of aromatic nitrogens is 2. The van der Waals surface area contributed by atoms with Gasteiger partial charge in [-0.1, -0.05) is 11.3 Å². The van der Waals surface area contributed by atoms with Crippen molar-refractivity contribution in [1.82, 2.24) is 20.0 Å². The number of nitrogens with zero attached hydrogens (tertiary/aromatic N) is 4. The van der Waals surface area contributed by atoms with Gasteiger partial charge in [-0.3, -0.25) is 9.69 Å². The Balaban J connectivity index is 1.42. The highest BCUT2D eigenvalue weighted by atomic mass is 32.1. The van der Waals surface area contributed by atoms with E-state index < -0.39 is 47.6 Å². The van der Waals surface area contributed by atoms with Crippen LogP contribution in [0.3, 0.4) is 0 Å². The molecule has 32 heavy (non-hydrogen) atoms. The number of aromatic hydroxyl groups is 1. The van der Waals surface area contributed by atoms with E-state index in [0.717, 1.165) is 16.2 Å². The Labute approximate surface area is 181 Å². The van der Waals surface area contributed by atoms with Crippen LogP contribution in [0.4, 0.5) is 26.7 Å². The summed E-state index contributed by atoms with van der Waals surface area (Å²) in [4.78, 5) is 26.2. The first-order chi connectivity index (χ1) is 15.0. The Morgan fingerprint density at radius 2 is 1.84 bits per heavy atom. The molecule has 2 saturated carbocycles. The molecule has 1 aliphatic heterocycles. The third-order valence-corrected chi connectivity index (χ3v) is 6.84. The molecule has 3 fully saturated rings. The summed E-state index contributed by atoms with van der Waals surface area (Å²) in [5, 5.41) is 17.7. The van der Waals surface area contributed by atoms with E-state index in [4.69, 9.17) is 0 Å². The first-order valence-electron chi connectivity index (χ1n) is 9.76. The lowest BCUT2D eigenvalue weighted by molar-refractivity contribution is -0.153. The molecule has 7 nitrogen and oxygen atoms in total. The number of hydrogen-bond donors (Lipinski definition) is 1. The van der Waals surface area contributed by atoms with Crippen molar-refractivity contribution < 1.29 is 36.6 Å². The molecule has 1 spiro atoms. The predicted octanol–water partition coefficient (Wildman–Crippen LogP) is 3.93. The third-order valence-electron chi connectivity index (χ3n) is 5.90. The van der Waals surface area contributed by atoms with E-state index in [0.29, 0.717) is 12.8 Å². The van der Waals surface area contributed by atoms with Gasteiger partial charge in [0.1, 0.15) is 17.1 Å². The van der Waals surface area contributed by atoms with Crippen molar-refractivity contribution in [2.75, 3.05) is 6.54 Å². The maximum atomic E-state index is 14.5. The van der Waals surface area contributed by atoms with Gasteiger partial charge in [-0.2, -0.15) is 13.2 Å². The van der Waals surface area contributed by atoms with Crippen LogP contribution >= 0.6 is 11.3 Å². The normalized spacial score (nSPS) is 20.0. The molecule has 2 aliphatic carbocycles. The van der Waals surface area contributed by atoms with Gasteiger partial charge in [-0.25, -0.2) is 13.6 Å². The number of urea groups is 1. The van der Waals surface area contributed by atoms with Crippen molar-refractivity contribution in [3.63, 3.8) is 0 Å². The van der Waals surface area contributed by atoms with Crippen LogP contribution in [0.15, 0.2) is 6.07 Å². The van der Waals surface area contributed by atoms with Crippen LogP contribution in [0.5, 0.6) is 5.75 Å². The SMILES string of the molecule is O=C1N(CC(F)(F)F)C(=O)C2(CC2)N1Cc1nnc(-c2cc(C3CC3)c(F)c(O)c2F)s1. The van der Waals surface area contributed by atoms with E-state index in [1.54, 1.807) is 0 Å².